The lowest BCUT2D eigenvalue weighted by Gasteiger charge is -2.35. The zero-order valence-electron chi connectivity index (χ0n) is 18.7. The molecule has 6 nitrogen and oxygen atoms in total. The SMILES string of the molecule is Cc1ncn(C(C)C)c1NC(=O)[C@H]1CCC[C@@H](N(C)C(=O)c2cccc(C(F)(F)F)c2)C1. The molecule has 1 fully saturated rings. The van der Waals surface area contributed by atoms with Gasteiger partial charge in [-0.1, -0.05) is 12.5 Å². The predicted molar refractivity (Wildman–Crippen MR) is 115 cm³/mol. The van der Waals surface area contributed by atoms with Crippen molar-refractivity contribution in [3.05, 3.63) is 47.4 Å². The highest BCUT2D eigenvalue weighted by Crippen LogP contribution is 2.32. The number of nitrogens with zero attached hydrogens (tertiary/aromatic N) is 3. The molecule has 0 bridgehead atoms. The van der Waals surface area contributed by atoms with Gasteiger partial charge in [0, 0.05) is 30.6 Å². The van der Waals surface area contributed by atoms with E-state index in [2.05, 4.69) is 10.3 Å². The van der Waals surface area contributed by atoms with Crippen molar-refractivity contribution in [2.75, 3.05) is 12.4 Å². The number of halogens is 3. The van der Waals surface area contributed by atoms with Crippen molar-refractivity contribution in [1.29, 1.82) is 0 Å². The van der Waals surface area contributed by atoms with Crippen LogP contribution in [-0.2, 0) is 11.0 Å². The molecule has 2 atom stereocenters. The van der Waals surface area contributed by atoms with E-state index in [1.807, 2.05) is 25.3 Å². The number of anilines is 1. The lowest BCUT2D eigenvalue weighted by atomic mass is 9.84. The molecular formula is C23H29F3N4O2. The number of carbonyl (C=O) groups excluding carboxylic acids is 2. The molecule has 1 aliphatic rings. The molecule has 0 spiro atoms. The number of aromatic nitrogens is 2. The van der Waals surface area contributed by atoms with Crippen LogP contribution in [0.2, 0.25) is 0 Å². The zero-order chi connectivity index (χ0) is 23.6. The van der Waals surface area contributed by atoms with Gasteiger partial charge in [-0.05, 0) is 58.2 Å². The van der Waals surface area contributed by atoms with Gasteiger partial charge >= 0.3 is 6.18 Å². The molecule has 1 aliphatic carbocycles. The summed E-state index contributed by atoms with van der Waals surface area (Å²) >= 11 is 0. The maximum atomic E-state index is 13.0. The molecule has 9 heteroatoms. The van der Waals surface area contributed by atoms with Crippen molar-refractivity contribution in [3.8, 4) is 0 Å². The largest absolute Gasteiger partial charge is 0.416 e. The van der Waals surface area contributed by atoms with E-state index in [1.54, 1.807) is 13.4 Å². The number of imidazole rings is 1. The molecule has 0 saturated heterocycles. The van der Waals surface area contributed by atoms with Crippen LogP contribution in [0.3, 0.4) is 0 Å². The standard InChI is InChI=1S/C23H29F3N4O2/c1-14(2)30-13-27-15(3)20(30)28-21(31)16-7-6-10-19(12-16)29(4)22(32)17-8-5-9-18(11-17)23(24,25)26/h5,8-9,11,13-14,16,19H,6-7,10,12H2,1-4H3,(H,28,31)/t16-,19+/m0/s1. The minimum atomic E-state index is -4.51. The van der Waals surface area contributed by atoms with Gasteiger partial charge in [-0.2, -0.15) is 13.2 Å². The summed E-state index contributed by atoms with van der Waals surface area (Å²) in [5.74, 6) is -0.225. The summed E-state index contributed by atoms with van der Waals surface area (Å²) in [6.45, 7) is 5.84. The molecule has 1 saturated carbocycles. The average molecular weight is 451 g/mol. The molecule has 1 aromatic carbocycles. The van der Waals surface area contributed by atoms with Crippen LogP contribution in [0.15, 0.2) is 30.6 Å². The van der Waals surface area contributed by atoms with E-state index in [-0.39, 0.29) is 29.5 Å². The number of amides is 2. The van der Waals surface area contributed by atoms with Crippen molar-refractivity contribution in [2.45, 2.75) is 64.7 Å². The van der Waals surface area contributed by atoms with Crippen LogP contribution in [0.5, 0.6) is 0 Å². The Morgan fingerprint density at radius 2 is 1.97 bits per heavy atom. The second kappa shape index (κ2) is 9.34. The Balaban J connectivity index is 1.70. The van der Waals surface area contributed by atoms with Gasteiger partial charge in [-0.3, -0.25) is 9.59 Å². The summed E-state index contributed by atoms with van der Waals surface area (Å²) in [7, 11) is 1.59. The molecule has 0 radical (unpaired) electrons. The first-order valence-electron chi connectivity index (χ1n) is 10.8. The Morgan fingerprint density at radius 1 is 1.25 bits per heavy atom. The number of benzene rings is 1. The molecule has 174 valence electrons. The normalized spacial score (nSPS) is 19.1. The third-order valence-corrected chi connectivity index (χ3v) is 6.10. The van der Waals surface area contributed by atoms with Crippen LogP contribution in [0.25, 0.3) is 0 Å². The van der Waals surface area contributed by atoms with Gasteiger partial charge in [0.05, 0.1) is 17.6 Å². The van der Waals surface area contributed by atoms with Crippen LogP contribution < -0.4 is 5.32 Å². The number of hydrogen-bond donors (Lipinski definition) is 1. The van der Waals surface area contributed by atoms with E-state index in [1.165, 1.54) is 17.0 Å². The monoisotopic (exact) mass is 450 g/mol. The number of aryl methyl sites for hydroxylation is 1. The Kier molecular flexibility index (Phi) is 6.95. The van der Waals surface area contributed by atoms with Crippen molar-refractivity contribution in [3.63, 3.8) is 0 Å². The van der Waals surface area contributed by atoms with Crippen molar-refractivity contribution < 1.29 is 22.8 Å². The number of carbonyl (C=O) groups is 2. The van der Waals surface area contributed by atoms with Gasteiger partial charge in [-0.25, -0.2) is 4.98 Å². The summed E-state index contributed by atoms with van der Waals surface area (Å²) in [5.41, 5.74) is -0.128. The fraction of sp³-hybridized carbons (Fsp3) is 0.522. The second-order valence-corrected chi connectivity index (χ2v) is 8.68. The first-order chi connectivity index (χ1) is 15.0. The van der Waals surface area contributed by atoms with Crippen LogP contribution in [0.1, 0.15) is 67.2 Å². The number of alkyl halides is 3. The molecule has 1 heterocycles. The van der Waals surface area contributed by atoms with Gasteiger partial charge in [0.2, 0.25) is 5.91 Å². The fourth-order valence-corrected chi connectivity index (χ4v) is 4.17. The Morgan fingerprint density at radius 3 is 2.62 bits per heavy atom. The molecule has 1 aromatic heterocycles. The van der Waals surface area contributed by atoms with E-state index in [0.29, 0.717) is 25.1 Å². The molecular weight excluding hydrogens is 421 g/mol. The van der Waals surface area contributed by atoms with Crippen LogP contribution in [0.4, 0.5) is 19.0 Å². The van der Waals surface area contributed by atoms with Crippen LogP contribution in [-0.4, -0.2) is 39.4 Å². The molecule has 1 N–H and O–H groups in total. The zero-order valence-corrected chi connectivity index (χ0v) is 18.7. The van der Waals surface area contributed by atoms with E-state index in [4.69, 9.17) is 0 Å². The fourth-order valence-electron chi connectivity index (χ4n) is 4.17. The minimum absolute atomic E-state index is 0.00893. The van der Waals surface area contributed by atoms with Gasteiger partial charge in [0.15, 0.2) is 0 Å². The summed E-state index contributed by atoms with van der Waals surface area (Å²) in [4.78, 5) is 31.6. The molecule has 0 aliphatic heterocycles. The number of rotatable bonds is 5. The first kappa shape index (κ1) is 23.8. The quantitative estimate of drug-likeness (QED) is 0.692. The molecule has 3 rings (SSSR count). The van der Waals surface area contributed by atoms with E-state index >= 15 is 0 Å². The maximum absolute atomic E-state index is 13.0. The van der Waals surface area contributed by atoms with Gasteiger partial charge in [0.25, 0.3) is 5.91 Å². The number of hydrogen-bond acceptors (Lipinski definition) is 3. The smallest absolute Gasteiger partial charge is 0.339 e. The summed E-state index contributed by atoms with van der Waals surface area (Å²) in [6, 6.07) is 4.36. The minimum Gasteiger partial charge on any atom is -0.339 e. The summed E-state index contributed by atoms with van der Waals surface area (Å²) in [6.07, 6.45) is -0.200. The van der Waals surface area contributed by atoms with E-state index < -0.39 is 17.6 Å². The van der Waals surface area contributed by atoms with Crippen LogP contribution >= 0.6 is 0 Å². The molecule has 2 aromatic rings. The van der Waals surface area contributed by atoms with Crippen LogP contribution in [0, 0.1) is 12.8 Å². The molecule has 0 unspecified atom stereocenters. The Bertz CT molecular complexity index is 984. The number of nitrogens with one attached hydrogen (secondary N) is 1. The molecule has 2 amide bonds. The van der Waals surface area contributed by atoms with E-state index in [0.717, 1.165) is 24.2 Å². The van der Waals surface area contributed by atoms with Gasteiger partial charge in [0.1, 0.15) is 5.82 Å². The highest BCUT2D eigenvalue weighted by Gasteiger charge is 2.34. The third kappa shape index (κ3) is 5.14. The lowest BCUT2D eigenvalue weighted by Crippen LogP contribution is -2.42. The van der Waals surface area contributed by atoms with Gasteiger partial charge in [-0.15, -0.1) is 0 Å². The molecule has 32 heavy (non-hydrogen) atoms. The van der Waals surface area contributed by atoms with E-state index in [9.17, 15) is 22.8 Å². The average Bonchev–Trinajstić information content (AvgIpc) is 3.12. The summed E-state index contributed by atoms with van der Waals surface area (Å²) in [5, 5.41) is 2.99. The highest BCUT2D eigenvalue weighted by molar-refractivity contribution is 5.95. The lowest BCUT2D eigenvalue weighted by molar-refractivity contribution is -0.137. The first-order valence-corrected chi connectivity index (χ1v) is 10.8. The maximum Gasteiger partial charge on any atom is 0.416 e. The van der Waals surface area contributed by atoms with Crippen molar-refractivity contribution >= 4 is 17.6 Å². The Labute approximate surface area is 185 Å². The topological polar surface area (TPSA) is 67.2 Å². The Hall–Kier alpha value is -2.84. The summed E-state index contributed by atoms with van der Waals surface area (Å²) < 4.78 is 40.9. The second-order valence-electron chi connectivity index (χ2n) is 8.68. The highest BCUT2D eigenvalue weighted by atomic mass is 19.4. The van der Waals surface area contributed by atoms with Crippen molar-refractivity contribution in [2.24, 2.45) is 5.92 Å². The predicted octanol–water partition coefficient (Wildman–Crippen LogP) is 5.06. The third-order valence-electron chi connectivity index (χ3n) is 6.10. The van der Waals surface area contributed by atoms with Gasteiger partial charge < -0.3 is 14.8 Å². The van der Waals surface area contributed by atoms with Crippen molar-refractivity contribution in [1.82, 2.24) is 14.5 Å².